The molecule has 1 aliphatic rings. The van der Waals surface area contributed by atoms with Crippen LogP contribution in [0.2, 0.25) is 5.15 Å². The van der Waals surface area contributed by atoms with Gasteiger partial charge in [-0.2, -0.15) is 5.26 Å². The number of ether oxygens (including phenoxy) is 2. The normalized spacial score (nSPS) is 25.6. The Labute approximate surface area is 196 Å². The maximum atomic E-state index is 10.9. The van der Waals surface area contributed by atoms with E-state index in [1.165, 1.54) is 34.9 Å². The third-order valence-corrected chi connectivity index (χ3v) is 7.31. The zero-order chi connectivity index (χ0) is 22.8. The molecule has 0 bridgehead atoms. The smallest absolute Gasteiger partial charge is 0.154 e. The number of thioether (sulfide) groups is 1. The van der Waals surface area contributed by atoms with Gasteiger partial charge in [-0.15, -0.1) is 16.4 Å². The molecule has 0 saturated carbocycles. The van der Waals surface area contributed by atoms with Crippen LogP contribution in [0.5, 0.6) is 0 Å². The molecule has 1 fully saturated rings. The first-order chi connectivity index (χ1) is 15.4. The van der Waals surface area contributed by atoms with Gasteiger partial charge >= 0.3 is 0 Å². The molecule has 32 heavy (non-hydrogen) atoms. The Morgan fingerprint density at radius 2 is 2.28 bits per heavy atom. The van der Waals surface area contributed by atoms with Crippen LogP contribution in [-0.2, 0) is 9.47 Å². The topological polar surface area (TPSA) is 139 Å². The van der Waals surface area contributed by atoms with Crippen LogP contribution >= 0.6 is 34.7 Å². The van der Waals surface area contributed by atoms with Crippen molar-refractivity contribution in [2.45, 2.75) is 41.6 Å². The molecule has 5 atom stereocenters. The van der Waals surface area contributed by atoms with Crippen molar-refractivity contribution in [3.8, 4) is 16.8 Å². The fourth-order valence-corrected chi connectivity index (χ4v) is 5.66. The minimum absolute atomic E-state index is 0.256. The molecule has 0 aliphatic carbocycles. The summed E-state index contributed by atoms with van der Waals surface area (Å²) in [6.45, 7) is 1.46. The number of rotatable bonds is 6. The summed E-state index contributed by atoms with van der Waals surface area (Å²) in [4.78, 5) is 8.97. The number of aromatic nitrogens is 5. The molecule has 0 unspecified atom stereocenters. The number of hydrogen-bond donors (Lipinski definition) is 2. The summed E-state index contributed by atoms with van der Waals surface area (Å²) >= 11 is 8.48. The van der Waals surface area contributed by atoms with Crippen molar-refractivity contribution in [3.63, 3.8) is 0 Å². The molecule has 0 aromatic carbocycles. The summed E-state index contributed by atoms with van der Waals surface area (Å²) in [5, 5.41) is 41.2. The number of nitriles is 1. The predicted octanol–water partition coefficient (Wildman–Crippen LogP) is 2.06. The summed E-state index contributed by atoms with van der Waals surface area (Å²) in [5.74, 6) is 0. The monoisotopic (exact) mass is 494 g/mol. The highest BCUT2D eigenvalue weighted by atomic mass is 35.5. The number of thiazole rings is 1. The summed E-state index contributed by atoms with van der Waals surface area (Å²) in [7, 11) is 1.50. The van der Waals surface area contributed by atoms with E-state index >= 15 is 0 Å². The average Bonchev–Trinajstić information content (AvgIpc) is 3.43. The largest absolute Gasteiger partial charge is 0.394 e. The van der Waals surface area contributed by atoms with Gasteiger partial charge in [0.1, 0.15) is 51.7 Å². The van der Waals surface area contributed by atoms with Gasteiger partial charge in [-0.05, 0) is 18.6 Å². The lowest BCUT2D eigenvalue weighted by Gasteiger charge is -2.43. The third kappa shape index (κ3) is 4.51. The van der Waals surface area contributed by atoms with Crippen molar-refractivity contribution < 1.29 is 19.7 Å². The molecule has 3 aromatic rings. The van der Waals surface area contributed by atoms with Gasteiger partial charge in [-0.25, -0.2) is 14.6 Å². The van der Waals surface area contributed by atoms with Crippen LogP contribution in [0.25, 0.3) is 10.7 Å². The van der Waals surface area contributed by atoms with Gasteiger partial charge in [0.2, 0.25) is 0 Å². The molecule has 3 aromatic heterocycles. The fourth-order valence-electron chi connectivity index (χ4n) is 3.44. The zero-order valence-electron chi connectivity index (χ0n) is 17.0. The van der Waals surface area contributed by atoms with Gasteiger partial charge in [0.25, 0.3) is 0 Å². The highest BCUT2D eigenvalue weighted by molar-refractivity contribution is 7.99. The van der Waals surface area contributed by atoms with Gasteiger partial charge in [-0.1, -0.05) is 28.6 Å². The summed E-state index contributed by atoms with van der Waals surface area (Å²) in [5.41, 5.74) is 0.971. The standard InChI is InChI=1S/C19H19ClN6O4S2/c1-9-3-13(10(4-21)22-5-9)32-19-17(29-2)15(16(28)12(7-27)30-19)26-6-11(24-25-26)18-23-14(20)8-31-18/h3,5-6,8,12,15-17,19,27-28H,7H2,1-2H3/t12-,15+,16+,17-,19-/m1/s1. The first-order valence-electron chi connectivity index (χ1n) is 9.49. The number of aryl methyl sites for hydroxylation is 1. The molecule has 10 nitrogen and oxygen atoms in total. The maximum Gasteiger partial charge on any atom is 0.154 e. The number of pyridine rings is 1. The summed E-state index contributed by atoms with van der Waals surface area (Å²) in [6, 6.07) is 3.19. The van der Waals surface area contributed by atoms with E-state index in [1.54, 1.807) is 17.8 Å². The SMILES string of the molecule is CO[C@@H]1[C@@H](n2cc(-c3nc(Cl)cs3)nn2)[C@@H](O)[C@@H](CO)O[C@@H]1Sc1cc(C)cnc1C#N. The zero-order valence-corrected chi connectivity index (χ0v) is 19.4. The van der Waals surface area contributed by atoms with Crippen molar-refractivity contribution in [1.29, 1.82) is 5.26 Å². The molecule has 168 valence electrons. The molecule has 4 heterocycles. The Kier molecular flexibility index (Phi) is 7.06. The Balaban J connectivity index is 1.68. The molecule has 1 aliphatic heterocycles. The quantitative estimate of drug-likeness (QED) is 0.523. The average molecular weight is 495 g/mol. The highest BCUT2D eigenvalue weighted by Gasteiger charge is 2.47. The predicted molar refractivity (Wildman–Crippen MR) is 117 cm³/mol. The number of nitrogens with zero attached hydrogens (tertiary/aromatic N) is 6. The molecule has 4 rings (SSSR count). The van der Waals surface area contributed by atoms with Crippen LogP contribution in [0.3, 0.4) is 0 Å². The maximum absolute atomic E-state index is 10.9. The second-order valence-corrected chi connectivity index (χ2v) is 9.44. The van der Waals surface area contributed by atoms with Crippen LogP contribution < -0.4 is 0 Å². The van der Waals surface area contributed by atoms with E-state index in [4.69, 9.17) is 21.1 Å². The molecular weight excluding hydrogens is 476 g/mol. The number of halogens is 1. The summed E-state index contributed by atoms with van der Waals surface area (Å²) in [6.07, 6.45) is 0.560. The van der Waals surface area contributed by atoms with Crippen LogP contribution in [0.4, 0.5) is 0 Å². The number of aliphatic hydroxyl groups excluding tert-OH is 2. The van der Waals surface area contributed by atoms with Gasteiger partial charge < -0.3 is 19.7 Å². The molecule has 1 saturated heterocycles. The lowest BCUT2D eigenvalue weighted by atomic mass is 9.97. The second kappa shape index (κ2) is 9.80. The first kappa shape index (κ1) is 23.1. The van der Waals surface area contributed by atoms with Crippen LogP contribution in [0.1, 0.15) is 17.3 Å². The molecule has 0 spiro atoms. The molecule has 13 heteroatoms. The molecule has 2 N–H and O–H groups in total. The van der Waals surface area contributed by atoms with Crippen molar-refractivity contribution in [1.82, 2.24) is 25.0 Å². The van der Waals surface area contributed by atoms with Crippen molar-refractivity contribution in [3.05, 3.63) is 40.3 Å². The first-order valence-corrected chi connectivity index (χ1v) is 11.6. The third-order valence-electron chi connectivity index (χ3n) is 4.95. The van der Waals surface area contributed by atoms with Crippen LogP contribution in [-0.4, -0.2) is 72.6 Å². The van der Waals surface area contributed by atoms with Gasteiger partial charge in [0, 0.05) is 23.6 Å². The Morgan fingerprint density at radius 1 is 1.47 bits per heavy atom. The number of aliphatic hydroxyl groups is 2. The van der Waals surface area contributed by atoms with Crippen LogP contribution in [0, 0.1) is 18.3 Å². The lowest BCUT2D eigenvalue weighted by Crippen LogP contribution is -2.55. The van der Waals surface area contributed by atoms with E-state index < -0.39 is 36.4 Å². The minimum atomic E-state index is -1.12. The Hall–Kier alpha value is -2.11. The highest BCUT2D eigenvalue weighted by Crippen LogP contribution is 2.40. The van der Waals surface area contributed by atoms with E-state index in [0.29, 0.717) is 20.8 Å². The van der Waals surface area contributed by atoms with Crippen LogP contribution in [0.15, 0.2) is 28.7 Å². The van der Waals surface area contributed by atoms with Crippen molar-refractivity contribution in [2.24, 2.45) is 0 Å². The molecule has 0 amide bonds. The minimum Gasteiger partial charge on any atom is -0.394 e. The Morgan fingerprint density at radius 3 is 2.94 bits per heavy atom. The molecule has 0 radical (unpaired) electrons. The van der Waals surface area contributed by atoms with Gasteiger partial charge in [0.05, 0.1) is 12.8 Å². The van der Waals surface area contributed by atoms with E-state index in [9.17, 15) is 15.5 Å². The second-order valence-electron chi connectivity index (χ2n) is 7.06. The van der Waals surface area contributed by atoms with Crippen molar-refractivity contribution in [2.75, 3.05) is 13.7 Å². The van der Waals surface area contributed by atoms with E-state index in [0.717, 1.165) is 5.56 Å². The Bertz CT molecular complexity index is 1140. The number of hydrogen-bond acceptors (Lipinski definition) is 11. The van der Waals surface area contributed by atoms with E-state index in [2.05, 4.69) is 26.3 Å². The van der Waals surface area contributed by atoms with Crippen molar-refractivity contribution >= 4 is 34.7 Å². The molecular formula is C19H19ClN6O4S2. The van der Waals surface area contributed by atoms with Gasteiger partial charge in [-0.3, -0.25) is 0 Å². The summed E-state index contributed by atoms with van der Waals surface area (Å²) < 4.78 is 13.2. The lowest BCUT2D eigenvalue weighted by molar-refractivity contribution is -0.186. The van der Waals surface area contributed by atoms with E-state index in [1.807, 2.05) is 13.0 Å². The number of methoxy groups -OCH3 is 1. The van der Waals surface area contributed by atoms with Gasteiger partial charge in [0.15, 0.2) is 5.69 Å². The fraction of sp³-hybridized carbons (Fsp3) is 0.421. The van der Waals surface area contributed by atoms with E-state index in [-0.39, 0.29) is 5.69 Å².